The normalized spacial score (nSPS) is 8.89. The summed E-state index contributed by atoms with van der Waals surface area (Å²) in [4.78, 5) is 27.3. The number of pyridine rings is 1. The topological polar surface area (TPSA) is 88.3 Å². The minimum atomic E-state index is -0.127. The summed E-state index contributed by atoms with van der Waals surface area (Å²) in [5.41, 5.74) is 2.99. The first-order valence-electron chi connectivity index (χ1n) is 5.46. The average molecular weight is 282 g/mol. The van der Waals surface area contributed by atoms with E-state index in [1.165, 1.54) is 13.8 Å². The van der Waals surface area contributed by atoms with Gasteiger partial charge in [0.1, 0.15) is 11.4 Å². The van der Waals surface area contributed by atoms with Gasteiger partial charge in [-0.2, -0.15) is 0 Å². The first kappa shape index (κ1) is 17.1. The summed E-state index contributed by atoms with van der Waals surface area (Å²) in [6.45, 7) is 2.85. The third kappa shape index (κ3) is 6.58. The van der Waals surface area contributed by atoms with Crippen molar-refractivity contribution >= 4 is 28.9 Å². The van der Waals surface area contributed by atoms with Crippen molar-refractivity contribution in [2.45, 2.75) is 13.8 Å². The van der Waals surface area contributed by atoms with Gasteiger partial charge in [0.05, 0.1) is 0 Å². The molecule has 0 aliphatic carbocycles. The number of thiocarbonyl (C=S) groups is 1. The molecule has 0 fully saturated rings. The Morgan fingerprint density at radius 2 is 1.63 bits per heavy atom. The molecule has 19 heavy (non-hydrogen) atoms. The molecule has 0 aliphatic rings. The second kappa shape index (κ2) is 8.28. The molecule has 0 bridgehead atoms. The number of carbonyl (C=O) groups excluding carboxylic acids is 2. The standard InChI is InChI=1S/C9H9NO2.C3H9N3S/c1-6(11)8-4-3-5-9(10-8)7(2)12;1-6(2)3(7)5-4/h3-5H,1-2H3;4H2,1-2H3,(H,5,7). The van der Waals surface area contributed by atoms with Gasteiger partial charge in [0.2, 0.25) is 0 Å². The Balaban J connectivity index is 0.000000399. The lowest BCUT2D eigenvalue weighted by molar-refractivity contribution is 0.101. The summed E-state index contributed by atoms with van der Waals surface area (Å²) in [5, 5.41) is 0.542. The van der Waals surface area contributed by atoms with Gasteiger partial charge in [-0.1, -0.05) is 6.07 Å². The van der Waals surface area contributed by atoms with E-state index in [2.05, 4.69) is 22.6 Å². The van der Waals surface area contributed by atoms with Crippen molar-refractivity contribution < 1.29 is 9.59 Å². The smallest absolute Gasteiger partial charge is 0.182 e. The van der Waals surface area contributed by atoms with Gasteiger partial charge in [-0.05, 0) is 24.4 Å². The fourth-order valence-electron chi connectivity index (χ4n) is 0.956. The van der Waals surface area contributed by atoms with Crippen molar-refractivity contribution in [1.29, 1.82) is 0 Å². The molecule has 0 unspecified atom stereocenters. The highest BCUT2D eigenvalue weighted by molar-refractivity contribution is 7.80. The number of nitrogens with two attached hydrogens (primary N) is 1. The fourth-order valence-corrected chi connectivity index (χ4v) is 0.956. The summed E-state index contributed by atoms with van der Waals surface area (Å²) in [7, 11) is 3.64. The zero-order valence-electron chi connectivity index (χ0n) is 11.4. The first-order chi connectivity index (χ1) is 8.79. The molecule has 1 aromatic rings. The molecule has 3 N–H and O–H groups in total. The minimum absolute atomic E-state index is 0.127. The number of nitrogens with zero attached hydrogens (tertiary/aromatic N) is 2. The second-order valence-electron chi connectivity index (χ2n) is 3.86. The number of ketones is 2. The van der Waals surface area contributed by atoms with E-state index >= 15 is 0 Å². The van der Waals surface area contributed by atoms with Crippen molar-refractivity contribution in [3.8, 4) is 0 Å². The number of hydrogen-bond donors (Lipinski definition) is 2. The Labute approximate surface area is 118 Å². The molecule has 7 heteroatoms. The van der Waals surface area contributed by atoms with Crippen molar-refractivity contribution in [3.05, 3.63) is 29.6 Å². The maximum absolute atomic E-state index is 10.8. The van der Waals surface area contributed by atoms with Crippen LogP contribution in [0.3, 0.4) is 0 Å². The lowest BCUT2D eigenvalue weighted by Crippen LogP contribution is -2.38. The lowest BCUT2D eigenvalue weighted by atomic mass is 10.2. The molecule has 0 atom stereocenters. The Bertz CT molecular complexity index is 445. The number of aromatic nitrogens is 1. The van der Waals surface area contributed by atoms with Gasteiger partial charge in [-0.25, -0.2) is 10.8 Å². The highest BCUT2D eigenvalue weighted by Crippen LogP contribution is 2.00. The van der Waals surface area contributed by atoms with Crippen LogP contribution in [0.4, 0.5) is 0 Å². The molecule has 0 saturated heterocycles. The summed E-state index contributed by atoms with van der Waals surface area (Å²) in [6, 6.07) is 4.84. The predicted molar refractivity (Wildman–Crippen MR) is 77.9 cm³/mol. The van der Waals surface area contributed by atoms with Crippen LogP contribution in [0.15, 0.2) is 18.2 Å². The van der Waals surface area contributed by atoms with E-state index in [9.17, 15) is 9.59 Å². The van der Waals surface area contributed by atoms with Crippen LogP contribution < -0.4 is 11.3 Å². The number of carbonyl (C=O) groups is 2. The molecule has 104 valence electrons. The molecule has 1 rings (SSSR count). The van der Waals surface area contributed by atoms with Crippen LogP contribution in [-0.4, -0.2) is 40.7 Å². The minimum Gasteiger partial charge on any atom is -0.354 e. The zero-order valence-corrected chi connectivity index (χ0v) is 12.2. The van der Waals surface area contributed by atoms with E-state index < -0.39 is 0 Å². The molecule has 0 spiro atoms. The highest BCUT2D eigenvalue weighted by Gasteiger charge is 2.04. The summed E-state index contributed by atoms with van der Waals surface area (Å²) in [5.74, 6) is 4.69. The lowest BCUT2D eigenvalue weighted by Gasteiger charge is -2.10. The number of nitrogens with one attached hydrogen (secondary N) is 1. The molecule has 0 amide bonds. The second-order valence-corrected chi connectivity index (χ2v) is 4.25. The number of hydrazine groups is 1. The van der Waals surface area contributed by atoms with Crippen LogP contribution >= 0.6 is 12.2 Å². The van der Waals surface area contributed by atoms with E-state index in [1.54, 1.807) is 23.1 Å². The molecule has 0 aliphatic heterocycles. The van der Waals surface area contributed by atoms with E-state index in [4.69, 9.17) is 5.84 Å². The van der Waals surface area contributed by atoms with Crippen LogP contribution in [0.5, 0.6) is 0 Å². The zero-order chi connectivity index (χ0) is 15.0. The SMILES string of the molecule is CC(=O)c1cccc(C(C)=O)n1.CN(C)C(=S)NN. The summed E-state index contributed by atoms with van der Waals surface area (Å²) in [6.07, 6.45) is 0. The van der Waals surface area contributed by atoms with Crippen LogP contribution in [0, 0.1) is 0 Å². The number of Topliss-reactive ketones (excluding diaryl/α,β-unsaturated/α-hetero) is 2. The van der Waals surface area contributed by atoms with Crippen LogP contribution in [0.2, 0.25) is 0 Å². The Morgan fingerprint density at radius 3 is 1.84 bits per heavy atom. The molecule has 1 heterocycles. The largest absolute Gasteiger partial charge is 0.354 e. The molecular weight excluding hydrogens is 264 g/mol. The van der Waals surface area contributed by atoms with Gasteiger partial charge in [0, 0.05) is 27.9 Å². The summed E-state index contributed by atoms with van der Waals surface area (Å²) >= 11 is 4.67. The third-order valence-corrected chi connectivity index (χ3v) is 2.48. The molecule has 1 aromatic heterocycles. The van der Waals surface area contributed by atoms with Gasteiger partial charge in [-0.15, -0.1) is 0 Å². The molecule has 6 nitrogen and oxygen atoms in total. The number of rotatable bonds is 2. The highest BCUT2D eigenvalue weighted by atomic mass is 32.1. The number of hydrogen-bond acceptors (Lipinski definition) is 5. The van der Waals surface area contributed by atoms with Gasteiger partial charge in [0.25, 0.3) is 0 Å². The molecule has 0 aromatic carbocycles. The average Bonchev–Trinajstić information content (AvgIpc) is 2.38. The Morgan fingerprint density at radius 1 is 1.21 bits per heavy atom. The van der Waals surface area contributed by atoms with E-state index in [-0.39, 0.29) is 11.6 Å². The van der Waals surface area contributed by atoms with Gasteiger partial charge < -0.3 is 10.3 Å². The van der Waals surface area contributed by atoms with Gasteiger partial charge >= 0.3 is 0 Å². The Kier molecular flexibility index (Phi) is 7.47. The van der Waals surface area contributed by atoms with Crippen molar-refractivity contribution in [3.63, 3.8) is 0 Å². The summed E-state index contributed by atoms with van der Waals surface area (Å²) < 4.78 is 0. The first-order valence-corrected chi connectivity index (χ1v) is 5.87. The van der Waals surface area contributed by atoms with Gasteiger partial charge in [-0.3, -0.25) is 9.59 Å². The quantitative estimate of drug-likeness (QED) is 0.359. The third-order valence-electron chi connectivity index (χ3n) is 2.00. The maximum Gasteiger partial charge on any atom is 0.182 e. The van der Waals surface area contributed by atoms with Gasteiger partial charge in [0.15, 0.2) is 16.7 Å². The van der Waals surface area contributed by atoms with Crippen molar-refractivity contribution in [2.75, 3.05) is 14.1 Å². The molecular formula is C12H18N4O2S. The molecule has 0 saturated carbocycles. The van der Waals surface area contributed by atoms with Crippen LogP contribution in [0.25, 0.3) is 0 Å². The van der Waals surface area contributed by atoms with E-state index in [0.717, 1.165) is 0 Å². The Hall–Kier alpha value is -1.86. The predicted octanol–water partition coefficient (Wildman–Crippen LogP) is 0.783. The molecule has 0 radical (unpaired) electrons. The van der Waals surface area contributed by atoms with Crippen molar-refractivity contribution in [1.82, 2.24) is 15.3 Å². The monoisotopic (exact) mass is 282 g/mol. The van der Waals surface area contributed by atoms with Crippen molar-refractivity contribution in [2.24, 2.45) is 5.84 Å². The maximum atomic E-state index is 10.8. The fraction of sp³-hybridized carbons (Fsp3) is 0.333. The van der Waals surface area contributed by atoms with Crippen LogP contribution in [-0.2, 0) is 0 Å². The van der Waals surface area contributed by atoms with Crippen LogP contribution in [0.1, 0.15) is 34.8 Å². The van der Waals surface area contributed by atoms with E-state index in [0.29, 0.717) is 16.5 Å². The van der Waals surface area contributed by atoms with E-state index in [1.807, 2.05) is 14.1 Å².